The SMILES string of the molecule is O=C(O)[C@@]12CCCN1[C@H](c1ccccc1O)[C@H](CO)C2. The molecule has 0 bridgehead atoms. The van der Waals surface area contributed by atoms with Crippen LogP contribution in [0.15, 0.2) is 24.3 Å². The first-order valence-corrected chi connectivity index (χ1v) is 6.99. The summed E-state index contributed by atoms with van der Waals surface area (Å²) < 4.78 is 0. The van der Waals surface area contributed by atoms with Crippen molar-refractivity contribution in [3.8, 4) is 5.75 Å². The molecule has 5 heteroatoms. The lowest BCUT2D eigenvalue weighted by Gasteiger charge is -2.32. The number of phenolic OH excluding ortho intramolecular Hbond substituents is 1. The Labute approximate surface area is 117 Å². The number of hydrogen-bond donors (Lipinski definition) is 3. The molecule has 3 rings (SSSR count). The Balaban J connectivity index is 2.06. The van der Waals surface area contributed by atoms with Crippen LogP contribution in [0.3, 0.4) is 0 Å². The second-order valence-electron chi connectivity index (χ2n) is 5.78. The summed E-state index contributed by atoms with van der Waals surface area (Å²) >= 11 is 0. The molecule has 2 aliphatic rings. The van der Waals surface area contributed by atoms with Crippen LogP contribution in [-0.4, -0.2) is 44.9 Å². The van der Waals surface area contributed by atoms with Crippen LogP contribution in [0, 0.1) is 5.92 Å². The molecular weight excluding hydrogens is 258 g/mol. The van der Waals surface area contributed by atoms with E-state index in [0.717, 1.165) is 12.0 Å². The van der Waals surface area contributed by atoms with Gasteiger partial charge in [0.1, 0.15) is 11.3 Å². The molecule has 20 heavy (non-hydrogen) atoms. The zero-order valence-electron chi connectivity index (χ0n) is 11.2. The van der Waals surface area contributed by atoms with Gasteiger partial charge < -0.3 is 15.3 Å². The standard InChI is InChI=1S/C15H19NO4/c17-9-10-8-15(14(19)20)6-3-7-16(15)13(10)11-4-1-2-5-12(11)18/h1-2,4-5,10,13,17-18H,3,6-9H2,(H,19,20)/t10-,13-,15-/m0/s1. The van der Waals surface area contributed by atoms with Crippen molar-refractivity contribution in [2.24, 2.45) is 5.92 Å². The maximum atomic E-state index is 11.7. The minimum absolute atomic E-state index is 0.0649. The molecule has 3 N–H and O–H groups in total. The number of aliphatic carboxylic acids is 1. The molecule has 1 aromatic carbocycles. The number of hydrogen-bond acceptors (Lipinski definition) is 4. The van der Waals surface area contributed by atoms with Gasteiger partial charge in [0.05, 0.1) is 0 Å². The van der Waals surface area contributed by atoms with Crippen LogP contribution in [0.4, 0.5) is 0 Å². The highest BCUT2D eigenvalue weighted by molar-refractivity contribution is 5.80. The summed E-state index contributed by atoms with van der Waals surface area (Å²) in [6.45, 7) is 0.631. The first kappa shape index (κ1) is 13.4. The Kier molecular flexibility index (Phi) is 3.18. The Morgan fingerprint density at radius 2 is 2.15 bits per heavy atom. The van der Waals surface area contributed by atoms with E-state index in [0.29, 0.717) is 19.4 Å². The smallest absolute Gasteiger partial charge is 0.324 e. The number of aromatic hydroxyl groups is 1. The number of fused-ring (bicyclic) bond motifs is 1. The first-order valence-electron chi connectivity index (χ1n) is 6.99. The van der Waals surface area contributed by atoms with Crippen molar-refractivity contribution in [3.63, 3.8) is 0 Å². The largest absolute Gasteiger partial charge is 0.508 e. The summed E-state index contributed by atoms with van der Waals surface area (Å²) in [5.74, 6) is -0.796. The van der Waals surface area contributed by atoms with Crippen molar-refractivity contribution in [3.05, 3.63) is 29.8 Å². The van der Waals surface area contributed by atoms with E-state index in [1.807, 2.05) is 17.0 Å². The van der Waals surface area contributed by atoms with Gasteiger partial charge in [0.25, 0.3) is 0 Å². The fourth-order valence-electron chi connectivity index (χ4n) is 3.96. The van der Waals surface area contributed by atoms with Gasteiger partial charge in [0.2, 0.25) is 0 Å². The summed E-state index contributed by atoms with van der Waals surface area (Å²) in [7, 11) is 0. The number of carboxylic acid groups (broad SMARTS) is 1. The van der Waals surface area contributed by atoms with E-state index in [4.69, 9.17) is 0 Å². The minimum atomic E-state index is -0.875. The van der Waals surface area contributed by atoms with Gasteiger partial charge >= 0.3 is 5.97 Å². The van der Waals surface area contributed by atoms with Crippen LogP contribution in [0.1, 0.15) is 30.9 Å². The highest BCUT2D eigenvalue weighted by Crippen LogP contribution is 2.53. The molecule has 0 radical (unpaired) electrons. The number of nitrogens with zero attached hydrogens (tertiary/aromatic N) is 1. The molecule has 2 aliphatic heterocycles. The fraction of sp³-hybridized carbons (Fsp3) is 0.533. The van der Waals surface area contributed by atoms with Crippen LogP contribution < -0.4 is 0 Å². The molecule has 0 aromatic heterocycles. The van der Waals surface area contributed by atoms with Crippen molar-refractivity contribution >= 4 is 5.97 Å². The topological polar surface area (TPSA) is 81.0 Å². The van der Waals surface area contributed by atoms with Gasteiger partial charge in [-0.15, -0.1) is 0 Å². The van der Waals surface area contributed by atoms with Gasteiger partial charge in [0, 0.05) is 24.1 Å². The molecule has 2 fully saturated rings. The Morgan fingerprint density at radius 1 is 1.40 bits per heavy atom. The van der Waals surface area contributed by atoms with Gasteiger partial charge in [-0.05, 0) is 31.9 Å². The molecule has 0 amide bonds. The lowest BCUT2D eigenvalue weighted by atomic mass is 9.87. The van der Waals surface area contributed by atoms with E-state index in [1.54, 1.807) is 12.1 Å². The van der Waals surface area contributed by atoms with Gasteiger partial charge in [-0.1, -0.05) is 18.2 Å². The zero-order valence-corrected chi connectivity index (χ0v) is 11.2. The molecule has 1 aromatic rings. The van der Waals surface area contributed by atoms with Crippen molar-refractivity contribution in [2.75, 3.05) is 13.2 Å². The summed E-state index contributed by atoms with van der Waals surface area (Å²) in [6, 6.07) is 6.79. The third-order valence-corrected chi connectivity index (χ3v) is 4.81. The van der Waals surface area contributed by atoms with Gasteiger partial charge in [0.15, 0.2) is 0 Å². The second kappa shape index (κ2) is 4.75. The molecule has 5 nitrogen and oxygen atoms in total. The van der Waals surface area contributed by atoms with Gasteiger partial charge in [-0.25, -0.2) is 0 Å². The van der Waals surface area contributed by atoms with E-state index in [2.05, 4.69) is 0 Å². The highest BCUT2D eigenvalue weighted by Gasteiger charge is 2.58. The molecular formula is C15H19NO4. The molecule has 0 unspecified atom stereocenters. The molecule has 108 valence electrons. The fourth-order valence-corrected chi connectivity index (χ4v) is 3.96. The van der Waals surface area contributed by atoms with Crippen LogP contribution in [-0.2, 0) is 4.79 Å². The molecule has 3 atom stereocenters. The third-order valence-electron chi connectivity index (χ3n) is 4.81. The minimum Gasteiger partial charge on any atom is -0.508 e. The predicted molar refractivity (Wildman–Crippen MR) is 72.3 cm³/mol. The number of aliphatic hydroxyl groups is 1. The van der Waals surface area contributed by atoms with Crippen molar-refractivity contribution in [2.45, 2.75) is 30.8 Å². The van der Waals surface area contributed by atoms with Crippen LogP contribution >= 0.6 is 0 Å². The number of para-hydroxylation sites is 1. The Bertz CT molecular complexity index is 532. The van der Waals surface area contributed by atoms with Crippen LogP contribution in [0.5, 0.6) is 5.75 Å². The molecule has 0 spiro atoms. The van der Waals surface area contributed by atoms with Crippen molar-refractivity contribution < 1.29 is 20.1 Å². The number of carboxylic acids is 1. The van der Waals surface area contributed by atoms with Gasteiger partial charge in [-0.3, -0.25) is 9.69 Å². The monoisotopic (exact) mass is 277 g/mol. The maximum Gasteiger partial charge on any atom is 0.324 e. The molecule has 2 heterocycles. The average molecular weight is 277 g/mol. The van der Waals surface area contributed by atoms with E-state index in [1.165, 1.54) is 0 Å². The number of benzene rings is 1. The van der Waals surface area contributed by atoms with E-state index >= 15 is 0 Å². The Morgan fingerprint density at radius 3 is 2.80 bits per heavy atom. The number of phenols is 1. The summed E-state index contributed by atoms with van der Waals surface area (Å²) in [5, 5.41) is 29.3. The zero-order chi connectivity index (χ0) is 14.3. The lowest BCUT2D eigenvalue weighted by Crippen LogP contribution is -2.46. The van der Waals surface area contributed by atoms with Crippen molar-refractivity contribution in [1.29, 1.82) is 0 Å². The third kappa shape index (κ3) is 1.73. The lowest BCUT2D eigenvalue weighted by molar-refractivity contribution is -0.148. The van der Waals surface area contributed by atoms with Crippen molar-refractivity contribution in [1.82, 2.24) is 4.90 Å². The quantitative estimate of drug-likeness (QED) is 0.777. The number of aliphatic hydroxyl groups excluding tert-OH is 1. The molecule has 2 saturated heterocycles. The van der Waals surface area contributed by atoms with Crippen LogP contribution in [0.25, 0.3) is 0 Å². The second-order valence-corrected chi connectivity index (χ2v) is 5.78. The molecule has 0 aliphatic carbocycles. The summed E-state index contributed by atoms with van der Waals surface area (Å²) in [6.07, 6.45) is 1.90. The predicted octanol–water partition coefficient (Wildman–Crippen LogP) is 1.36. The average Bonchev–Trinajstić information content (AvgIpc) is 2.96. The van der Waals surface area contributed by atoms with E-state index < -0.39 is 11.5 Å². The highest BCUT2D eigenvalue weighted by atomic mass is 16.4. The van der Waals surface area contributed by atoms with E-state index in [-0.39, 0.29) is 24.3 Å². The normalized spacial score (nSPS) is 33.2. The van der Waals surface area contributed by atoms with Crippen LogP contribution in [0.2, 0.25) is 0 Å². The first-order chi connectivity index (χ1) is 9.60. The Hall–Kier alpha value is -1.59. The molecule has 0 saturated carbocycles. The summed E-state index contributed by atoms with van der Waals surface area (Å²) in [4.78, 5) is 13.7. The number of carbonyl (C=O) groups is 1. The maximum absolute atomic E-state index is 11.7. The summed E-state index contributed by atoms with van der Waals surface area (Å²) in [5.41, 5.74) is -0.156. The van der Waals surface area contributed by atoms with E-state index in [9.17, 15) is 20.1 Å². The number of rotatable bonds is 3. The van der Waals surface area contributed by atoms with Gasteiger partial charge in [-0.2, -0.15) is 0 Å².